The number of halogens is 1. The predicted octanol–water partition coefficient (Wildman–Crippen LogP) is 2.22. The lowest BCUT2D eigenvalue weighted by Gasteiger charge is -2.25. The van der Waals surface area contributed by atoms with Gasteiger partial charge in [-0.1, -0.05) is 43.1 Å². The van der Waals surface area contributed by atoms with Crippen LogP contribution in [-0.2, 0) is 4.79 Å². The molecule has 140 valence electrons. The molecule has 1 aliphatic heterocycles. The summed E-state index contributed by atoms with van der Waals surface area (Å²) in [6, 6.07) is 9.92. The molecule has 1 heterocycles. The van der Waals surface area contributed by atoms with Crippen LogP contribution in [0, 0.1) is 6.92 Å². The van der Waals surface area contributed by atoms with Crippen molar-refractivity contribution in [3.8, 4) is 0 Å². The lowest BCUT2D eigenvalue weighted by molar-refractivity contribution is -0.112. The van der Waals surface area contributed by atoms with Crippen molar-refractivity contribution >= 4 is 29.5 Å². The number of hydrogen-bond acceptors (Lipinski definition) is 3. The van der Waals surface area contributed by atoms with E-state index in [-0.39, 0.29) is 11.8 Å². The third-order valence-corrected chi connectivity index (χ3v) is 5.16. The summed E-state index contributed by atoms with van der Waals surface area (Å²) in [5.74, 6) is -0.713. The Hall–Kier alpha value is -2.50. The molecule has 0 spiro atoms. The number of benzene rings is 2. The summed E-state index contributed by atoms with van der Waals surface area (Å²) in [5, 5.41) is 15.4. The molecule has 0 unspecified atom stereocenters. The van der Waals surface area contributed by atoms with Gasteiger partial charge in [-0.25, -0.2) is 4.99 Å². The van der Waals surface area contributed by atoms with Gasteiger partial charge in [0.1, 0.15) is 0 Å². The Balaban J connectivity index is 1.90. The van der Waals surface area contributed by atoms with Gasteiger partial charge in [-0.05, 0) is 42.7 Å². The number of nitrogens with zero attached hydrogens (tertiary/aromatic N) is 1. The SMILES string of the molecule is CCC[C@@H](NC(=O)c1cccc2c1=CC(=O)N=2)[C@@H](O)c1cccc(Cl)c1C. The van der Waals surface area contributed by atoms with E-state index in [4.69, 9.17) is 11.6 Å². The predicted molar refractivity (Wildman–Crippen MR) is 104 cm³/mol. The summed E-state index contributed by atoms with van der Waals surface area (Å²) in [7, 11) is 0. The molecule has 0 saturated carbocycles. The molecular formula is C21H21ClN2O3. The number of carbonyl (C=O) groups excluding carboxylic acids is 2. The largest absolute Gasteiger partial charge is 0.386 e. The highest BCUT2D eigenvalue weighted by atomic mass is 35.5. The van der Waals surface area contributed by atoms with Gasteiger partial charge in [-0.15, -0.1) is 0 Å². The van der Waals surface area contributed by atoms with Crippen molar-refractivity contribution in [3.05, 3.63) is 68.7 Å². The Labute approximate surface area is 162 Å². The molecule has 0 saturated heterocycles. The molecule has 0 fully saturated rings. The Bertz CT molecular complexity index is 1020. The summed E-state index contributed by atoms with van der Waals surface area (Å²) in [6.07, 6.45) is 1.85. The van der Waals surface area contributed by atoms with Crippen LogP contribution in [0.4, 0.5) is 0 Å². The molecule has 0 radical (unpaired) electrons. The van der Waals surface area contributed by atoms with Crippen LogP contribution in [-0.4, -0.2) is 23.0 Å². The van der Waals surface area contributed by atoms with E-state index in [1.807, 2.05) is 19.9 Å². The molecule has 0 aliphatic carbocycles. The third kappa shape index (κ3) is 3.94. The van der Waals surface area contributed by atoms with E-state index in [0.29, 0.717) is 33.1 Å². The van der Waals surface area contributed by atoms with Crippen molar-refractivity contribution in [3.63, 3.8) is 0 Å². The first-order valence-corrected chi connectivity index (χ1v) is 9.27. The summed E-state index contributed by atoms with van der Waals surface area (Å²) in [6.45, 7) is 3.83. The smallest absolute Gasteiger partial charge is 0.270 e. The molecule has 2 amide bonds. The highest BCUT2D eigenvalue weighted by molar-refractivity contribution is 6.31. The second kappa shape index (κ2) is 8.03. The average Bonchev–Trinajstić information content (AvgIpc) is 3.03. The van der Waals surface area contributed by atoms with Crippen molar-refractivity contribution in [2.45, 2.75) is 38.8 Å². The van der Waals surface area contributed by atoms with Gasteiger partial charge in [-0.2, -0.15) is 0 Å². The maximum absolute atomic E-state index is 12.9. The molecule has 2 atom stereocenters. The Kier molecular flexibility index (Phi) is 5.73. The minimum Gasteiger partial charge on any atom is -0.386 e. The van der Waals surface area contributed by atoms with Crippen molar-refractivity contribution in [1.29, 1.82) is 0 Å². The molecule has 0 bridgehead atoms. The number of hydrogen-bond donors (Lipinski definition) is 2. The van der Waals surface area contributed by atoms with Crippen LogP contribution in [0.1, 0.15) is 47.4 Å². The van der Waals surface area contributed by atoms with E-state index < -0.39 is 12.1 Å². The molecule has 0 aromatic heterocycles. The molecule has 3 rings (SSSR count). The van der Waals surface area contributed by atoms with Gasteiger partial charge < -0.3 is 10.4 Å². The lowest BCUT2D eigenvalue weighted by Crippen LogP contribution is -2.42. The second-order valence-corrected chi connectivity index (χ2v) is 7.01. The van der Waals surface area contributed by atoms with Gasteiger partial charge in [0.2, 0.25) is 0 Å². The molecule has 5 nitrogen and oxygen atoms in total. The van der Waals surface area contributed by atoms with Crippen LogP contribution < -0.4 is 15.9 Å². The van der Waals surface area contributed by atoms with Crippen LogP contribution in [0.5, 0.6) is 0 Å². The molecule has 2 aromatic carbocycles. The second-order valence-electron chi connectivity index (χ2n) is 6.60. The zero-order chi connectivity index (χ0) is 19.6. The van der Waals surface area contributed by atoms with Crippen LogP contribution in [0.25, 0.3) is 6.08 Å². The highest BCUT2D eigenvalue weighted by Crippen LogP contribution is 2.27. The van der Waals surface area contributed by atoms with Crippen molar-refractivity contribution in [2.24, 2.45) is 4.99 Å². The zero-order valence-electron chi connectivity index (χ0n) is 15.2. The topological polar surface area (TPSA) is 78.8 Å². The number of aliphatic hydroxyl groups excluding tert-OH is 1. The minimum absolute atomic E-state index is 0.342. The van der Waals surface area contributed by atoms with Gasteiger partial charge in [-0.3, -0.25) is 9.59 Å². The molecule has 27 heavy (non-hydrogen) atoms. The van der Waals surface area contributed by atoms with Gasteiger partial charge >= 0.3 is 0 Å². The first-order chi connectivity index (χ1) is 12.9. The fourth-order valence-electron chi connectivity index (χ4n) is 3.30. The summed E-state index contributed by atoms with van der Waals surface area (Å²) < 4.78 is 0. The van der Waals surface area contributed by atoms with E-state index in [0.717, 1.165) is 12.0 Å². The molecular weight excluding hydrogens is 364 g/mol. The third-order valence-electron chi connectivity index (χ3n) is 4.75. The average molecular weight is 385 g/mol. The number of rotatable bonds is 6. The monoisotopic (exact) mass is 384 g/mol. The van der Waals surface area contributed by atoms with Crippen molar-refractivity contribution in [2.75, 3.05) is 0 Å². The molecule has 1 aliphatic rings. The first-order valence-electron chi connectivity index (χ1n) is 8.89. The number of aliphatic hydroxyl groups is 1. The van der Waals surface area contributed by atoms with E-state index in [9.17, 15) is 14.7 Å². The number of fused-ring (bicyclic) bond motifs is 1. The molecule has 2 N–H and O–H groups in total. The maximum Gasteiger partial charge on any atom is 0.270 e. The number of amides is 2. The van der Waals surface area contributed by atoms with Crippen molar-refractivity contribution in [1.82, 2.24) is 5.32 Å². The van der Waals surface area contributed by atoms with Crippen LogP contribution in [0.2, 0.25) is 5.02 Å². The minimum atomic E-state index is -0.889. The summed E-state index contributed by atoms with van der Waals surface area (Å²) in [4.78, 5) is 28.3. The molecule has 2 aromatic rings. The Morgan fingerprint density at radius 1 is 1.26 bits per heavy atom. The van der Waals surface area contributed by atoms with Crippen molar-refractivity contribution < 1.29 is 14.7 Å². The normalized spacial score (nSPS) is 14.7. The van der Waals surface area contributed by atoms with E-state index in [2.05, 4.69) is 10.3 Å². The van der Waals surface area contributed by atoms with Crippen LogP contribution in [0.15, 0.2) is 41.4 Å². The van der Waals surface area contributed by atoms with Crippen LogP contribution >= 0.6 is 11.6 Å². The fourth-order valence-corrected chi connectivity index (χ4v) is 3.48. The number of nitrogens with one attached hydrogen (secondary N) is 1. The van der Waals surface area contributed by atoms with Crippen LogP contribution in [0.3, 0.4) is 0 Å². The van der Waals surface area contributed by atoms with Gasteiger partial charge in [0.05, 0.1) is 17.5 Å². The Morgan fingerprint density at radius 3 is 2.74 bits per heavy atom. The van der Waals surface area contributed by atoms with Gasteiger partial charge in [0.25, 0.3) is 11.8 Å². The zero-order valence-corrected chi connectivity index (χ0v) is 16.0. The number of carbonyl (C=O) groups is 2. The van der Waals surface area contributed by atoms with Gasteiger partial charge in [0, 0.05) is 21.9 Å². The quantitative estimate of drug-likeness (QED) is 0.801. The van der Waals surface area contributed by atoms with Gasteiger partial charge in [0.15, 0.2) is 0 Å². The van der Waals surface area contributed by atoms with E-state index in [1.165, 1.54) is 6.08 Å². The highest BCUT2D eigenvalue weighted by Gasteiger charge is 2.25. The summed E-state index contributed by atoms with van der Waals surface area (Å²) >= 11 is 6.17. The standard InChI is InChI=1S/C21H21ClN2O3/c1-3-6-18(20(26)13-7-4-9-16(22)12(13)2)24-21(27)14-8-5-10-17-15(14)11-19(25)23-17/h4-5,7-11,18,20,26H,3,6H2,1-2H3,(H,24,27)/t18-,20+/m1/s1. The molecule has 6 heteroatoms. The first kappa shape index (κ1) is 19.3. The maximum atomic E-state index is 12.9. The van der Waals surface area contributed by atoms with E-state index in [1.54, 1.807) is 30.3 Å². The fraction of sp³-hybridized carbons (Fsp3) is 0.286. The van der Waals surface area contributed by atoms with E-state index >= 15 is 0 Å². The Morgan fingerprint density at radius 2 is 2.00 bits per heavy atom. The summed E-state index contributed by atoms with van der Waals surface area (Å²) in [5.41, 5.74) is 1.86. The lowest BCUT2D eigenvalue weighted by atomic mass is 9.94.